The number of hydrogen-bond donors (Lipinski definition) is 2. The molecule has 2 N–H and O–H groups in total. The first-order chi connectivity index (χ1) is 13.2. The average Bonchev–Trinajstić information content (AvgIpc) is 2.86. The van der Waals surface area contributed by atoms with Crippen molar-refractivity contribution >= 4 is 39.5 Å². The van der Waals surface area contributed by atoms with E-state index in [0.717, 1.165) is 14.9 Å². The summed E-state index contributed by atoms with van der Waals surface area (Å²) in [6.45, 7) is 3.11. The maximum Gasteiger partial charge on any atom is 0.325 e. The zero-order valence-corrected chi connectivity index (χ0v) is 17.3. The minimum Gasteiger partial charge on any atom is -0.495 e. The number of rotatable bonds is 5. The Balaban J connectivity index is 1.78. The average molecular weight is 446 g/mol. The lowest BCUT2D eigenvalue weighted by molar-refractivity contribution is -0.133. The molecule has 8 heteroatoms. The third-order valence-electron chi connectivity index (χ3n) is 4.61. The van der Waals surface area contributed by atoms with Crippen LogP contribution in [0.1, 0.15) is 18.1 Å². The minimum absolute atomic E-state index is 0.397. The summed E-state index contributed by atoms with van der Waals surface area (Å²) >= 11 is 3.37. The first kappa shape index (κ1) is 19.9. The molecule has 1 aliphatic heterocycles. The van der Waals surface area contributed by atoms with Crippen LogP contribution >= 0.6 is 15.9 Å². The highest BCUT2D eigenvalue weighted by Gasteiger charge is 2.49. The van der Waals surface area contributed by atoms with Gasteiger partial charge in [0.25, 0.3) is 5.91 Å². The number of nitrogens with zero attached hydrogens (tertiary/aromatic N) is 1. The summed E-state index contributed by atoms with van der Waals surface area (Å²) in [7, 11) is 1.50. The van der Waals surface area contributed by atoms with Gasteiger partial charge in [-0.25, -0.2) is 4.79 Å². The Morgan fingerprint density at radius 3 is 2.68 bits per heavy atom. The van der Waals surface area contributed by atoms with Gasteiger partial charge in [-0.2, -0.15) is 0 Å². The summed E-state index contributed by atoms with van der Waals surface area (Å²) in [6, 6.07) is 11.9. The molecule has 2 aromatic rings. The van der Waals surface area contributed by atoms with Gasteiger partial charge in [0, 0.05) is 4.47 Å². The summed E-state index contributed by atoms with van der Waals surface area (Å²) in [5, 5.41) is 5.39. The Morgan fingerprint density at radius 1 is 1.25 bits per heavy atom. The fourth-order valence-electron chi connectivity index (χ4n) is 3.09. The van der Waals surface area contributed by atoms with Crippen molar-refractivity contribution in [2.75, 3.05) is 19.0 Å². The number of urea groups is 1. The fourth-order valence-corrected chi connectivity index (χ4v) is 3.49. The maximum atomic E-state index is 12.9. The zero-order chi connectivity index (χ0) is 20.5. The van der Waals surface area contributed by atoms with Crippen LogP contribution in [-0.4, -0.2) is 36.4 Å². The van der Waals surface area contributed by atoms with Crippen molar-refractivity contribution in [2.45, 2.75) is 19.4 Å². The largest absolute Gasteiger partial charge is 0.495 e. The van der Waals surface area contributed by atoms with Gasteiger partial charge in [-0.05, 0) is 49.2 Å². The standard InChI is InChI=1S/C20H20BrN3O4/c1-12-7-8-16(28-3)15(9-12)22-17(25)11-24-18(26)20(2,23-19(24)27)13-5-4-6-14(21)10-13/h4-10H,11H2,1-3H3,(H,22,25)(H,23,27)/t20-/m1/s1. The van der Waals surface area contributed by atoms with Crippen LogP contribution < -0.4 is 15.4 Å². The topological polar surface area (TPSA) is 87.7 Å². The van der Waals surface area contributed by atoms with E-state index in [4.69, 9.17) is 4.74 Å². The number of amides is 4. The van der Waals surface area contributed by atoms with E-state index in [2.05, 4.69) is 26.6 Å². The smallest absolute Gasteiger partial charge is 0.325 e. The molecule has 2 aromatic carbocycles. The van der Waals surface area contributed by atoms with Gasteiger partial charge in [0.1, 0.15) is 17.8 Å². The monoisotopic (exact) mass is 445 g/mol. The summed E-state index contributed by atoms with van der Waals surface area (Å²) in [4.78, 5) is 38.7. The van der Waals surface area contributed by atoms with E-state index in [9.17, 15) is 14.4 Å². The zero-order valence-electron chi connectivity index (χ0n) is 15.7. The Labute approximate surface area is 171 Å². The molecule has 1 heterocycles. The number of carbonyl (C=O) groups is 3. The van der Waals surface area contributed by atoms with Crippen molar-refractivity contribution in [1.82, 2.24) is 10.2 Å². The molecule has 7 nitrogen and oxygen atoms in total. The highest BCUT2D eigenvalue weighted by atomic mass is 79.9. The molecule has 3 rings (SSSR count). The number of hydrogen-bond acceptors (Lipinski definition) is 4. The lowest BCUT2D eigenvalue weighted by Gasteiger charge is -2.22. The fraction of sp³-hybridized carbons (Fsp3) is 0.250. The summed E-state index contributed by atoms with van der Waals surface area (Å²) in [5.74, 6) is -0.483. The number of anilines is 1. The summed E-state index contributed by atoms with van der Waals surface area (Å²) in [6.07, 6.45) is 0. The molecule has 0 spiro atoms. The Kier molecular flexibility index (Phi) is 5.42. The van der Waals surface area contributed by atoms with Crippen LogP contribution in [0.2, 0.25) is 0 Å². The molecule has 0 aromatic heterocycles. The van der Waals surface area contributed by atoms with E-state index in [-0.39, 0.29) is 0 Å². The van der Waals surface area contributed by atoms with Crippen LogP contribution in [0.5, 0.6) is 5.75 Å². The van der Waals surface area contributed by atoms with Crippen molar-refractivity contribution in [3.05, 3.63) is 58.1 Å². The molecule has 0 unspecified atom stereocenters. The number of imide groups is 1. The van der Waals surface area contributed by atoms with E-state index in [1.54, 1.807) is 37.3 Å². The van der Waals surface area contributed by atoms with Crippen molar-refractivity contribution < 1.29 is 19.1 Å². The van der Waals surface area contributed by atoms with E-state index < -0.39 is 29.9 Å². The van der Waals surface area contributed by atoms with Crippen LogP contribution in [0.4, 0.5) is 10.5 Å². The Hall–Kier alpha value is -2.87. The number of benzene rings is 2. The molecule has 146 valence electrons. The normalized spacial score (nSPS) is 18.8. The van der Waals surface area contributed by atoms with Gasteiger partial charge in [-0.15, -0.1) is 0 Å². The minimum atomic E-state index is -1.23. The predicted octanol–water partition coefficient (Wildman–Crippen LogP) is 3.17. The van der Waals surface area contributed by atoms with Crippen LogP contribution in [0.3, 0.4) is 0 Å². The number of halogens is 1. The quantitative estimate of drug-likeness (QED) is 0.691. The van der Waals surface area contributed by atoms with Crippen molar-refractivity contribution in [1.29, 1.82) is 0 Å². The van der Waals surface area contributed by atoms with Gasteiger partial charge in [0.15, 0.2) is 0 Å². The van der Waals surface area contributed by atoms with Crippen LogP contribution in [0, 0.1) is 6.92 Å². The van der Waals surface area contributed by atoms with Gasteiger partial charge in [-0.3, -0.25) is 14.5 Å². The first-order valence-electron chi connectivity index (χ1n) is 8.59. The molecule has 0 saturated carbocycles. The van der Waals surface area contributed by atoms with Gasteiger partial charge in [0.05, 0.1) is 12.8 Å². The number of nitrogens with one attached hydrogen (secondary N) is 2. The second kappa shape index (κ2) is 7.63. The van der Waals surface area contributed by atoms with Crippen molar-refractivity contribution in [3.8, 4) is 5.75 Å². The van der Waals surface area contributed by atoms with Gasteiger partial charge in [0.2, 0.25) is 5.91 Å². The molecule has 1 aliphatic rings. The molecule has 4 amide bonds. The SMILES string of the molecule is COc1ccc(C)cc1NC(=O)CN1C(=O)N[C@](C)(c2cccc(Br)c2)C1=O. The second-order valence-corrected chi connectivity index (χ2v) is 7.62. The van der Waals surface area contributed by atoms with Crippen LogP contribution in [0.15, 0.2) is 46.9 Å². The van der Waals surface area contributed by atoms with Crippen LogP contribution in [0.25, 0.3) is 0 Å². The Morgan fingerprint density at radius 2 is 2.00 bits per heavy atom. The van der Waals surface area contributed by atoms with E-state index in [1.165, 1.54) is 7.11 Å². The maximum absolute atomic E-state index is 12.9. The molecule has 0 radical (unpaired) electrons. The third-order valence-corrected chi connectivity index (χ3v) is 5.10. The summed E-state index contributed by atoms with van der Waals surface area (Å²) < 4.78 is 6.02. The number of aryl methyl sites for hydroxylation is 1. The van der Waals surface area contributed by atoms with E-state index in [1.807, 2.05) is 19.1 Å². The van der Waals surface area contributed by atoms with E-state index >= 15 is 0 Å². The van der Waals surface area contributed by atoms with Gasteiger partial charge >= 0.3 is 6.03 Å². The predicted molar refractivity (Wildman–Crippen MR) is 108 cm³/mol. The molecule has 1 atom stereocenters. The van der Waals surface area contributed by atoms with Crippen molar-refractivity contribution in [2.24, 2.45) is 0 Å². The lowest BCUT2D eigenvalue weighted by Crippen LogP contribution is -2.42. The molecular formula is C20H20BrN3O4. The van der Waals surface area contributed by atoms with E-state index in [0.29, 0.717) is 17.0 Å². The molecule has 0 bridgehead atoms. The van der Waals surface area contributed by atoms with Gasteiger partial charge < -0.3 is 15.4 Å². The van der Waals surface area contributed by atoms with Crippen LogP contribution in [-0.2, 0) is 15.1 Å². The Bertz CT molecular complexity index is 962. The highest BCUT2D eigenvalue weighted by molar-refractivity contribution is 9.10. The molecule has 1 saturated heterocycles. The number of ether oxygens (including phenoxy) is 1. The summed E-state index contributed by atoms with van der Waals surface area (Å²) in [5.41, 5.74) is 0.813. The number of carbonyl (C=O) groups excluding carboxylic acids is 3. The van der Waals surface area contributed by atoms with Crippen molar-refractivity contribution in [3.63, 3.8) is 0 Å². The molecule has 0 aliphatic carbocycles. The van der Waals surface area contributed by atoms with Gasteiger partial charge in [-0.1, -0.05) is 34.1 Å². The third kappa shape index (κ3) is 3.73. The highest BCUT2D eigenvalue weighted by Crippen LogP contribution is 2.30. The number of methoxy groups -OCH3 is 1. The first-order valence-corrected chi connectivity index (χ1v) is 9.38. The molecule has 28 heavy (non-hydrogen) atoms. The second-order valence-electron chi connectivity index (χ2n) is 6.71. The molecular weight excluding hydrogens is 426 g/mol. The molecule has 1 fully saturated rings. The lowest BCUT2D eigenvalue weighted by atomic mass is 9.92.